The Morgan fingerprint density at radius 2 is 2.36 bits per heavy atom. The molecule has 1 saturated heterocycles. The Hall–Kier alpha value is 0.0600. The van der Waals surface area contributed by atoms with E-state index in [4.69, 9.17) is 4.74 Å². The molecule has 0 amide bonds. The highest BCUT2D eigenvalue weighted by molar-refractivity contribution is 14.1. The maximum absolute atomic E-state index is 10.6. The average molecular weight is 367 g/mol. The second-order valence-corrected chi connectivity index (χ2v) is 5.43. The highest BCUT2D eigenvalue weighted by Gasteiger charge is 2.53. The molecule has 0 unspecified atom stereocenters. The first-order valence-electron chi connectivity index (χ1n) is 4.16. The minimum absolute atomic E-state index is 0.278. The van der Waals surface area contributed by atoms with Crippen LogP contribution in [0.1, 0.15) is 12.5 Å². The minimum atomic E-state index is -0.400. The van der Waals surface area contributed by atoms with E-state index >= 15 is 0 Å². The van der Waals surface area contributed by atoms with E-state index in [1.807, 2.05) is 25.1 Å². The van der Waals surface area contributed by atoms with Crippen LogP contribution < -0.4 is 0 Å². The first-order valence-corrected chi connectivity index (χ1v) is 6.04. The fourth-order valence-electron chi connectivity index (χ4n) is 1.42. The van der Waals surface area contributed by atoms with Crippen LogP contribution in [0, 0.1) is 3.57 Å². The van der Waals surface area contributed by atoms with Gasteiger partial charge in [-0.05, 0) is 63.1 Å². The Morgan fingerprint density at radius 3 is 2.86 bits per heavy atom. The lowest BCUT2D eigenvalue weighted by Crippen LogP contribution is -2.08. The van der Waals surface area contributed by atoms with E-state index in [0.717, 1.165) is 19.9 Å². The molecule has 14 heavy (non-hydrogen) atoms. The van der Waals surface area contributed by atoms with E-state index in [9.17, 15) is 4.79 Å². The highest BCUT2D eigenvalue weighted by atomic mass is 127. The molecular weight excluding hydrogens is 359 g/mol. The van der Waals surface area contributed by atoms with Gasteiger partial charge in [-0.3, -0.25) is 0 Å². The fourth-order valence-corrected chi connectivity index (χ4v) is 2.19. The largest absolute Gasteiger partial charge is 0.353 e. The number of halogens is 2. The summed E-state index contributed by atoms with van der Waals surface area (Å²) < 4.78 is 7.54. The van der Waals surface area contributed by atoms with Gasteiger partial charge in [0, 0.05) is 8.04 Å². The smallest absolute Gasteiger partial charge is 0.152 e. The zero-order chi connectivity index (χ0) is 10.3. The van der Waals surface area contributed by atoms with E-state index in [1.54, 1.807) is 0 Å². The Kier molecular flexibility index (Phi) is 2.70. The zero-order valence-electron chi connectivity index (χ0n) is 7.46. The summed E-state index contributed by atoms with van der Waals surface area (Å²) >= 11 is 5.68. The van der Waals surface area contributed by atoms with Crippen molar-refractivity contribution >= 4 is 44.8 Å². The van der Waals surface area contributed by atoms with E-state index in [2.05, 4.69) is 38.5 Å². The fraction of sp³-hybridized carbons (Fsp3) is 0.300. The van der Waals surface area contributed by atoms with Crippen molar-refractivity contribution in [2.75, 3.05) is 0 Å². The van der Waals surface area contributed by atoms with Crippen LogP contribution >= 0.6 is 38.5 Å². The van der Waals surface area contributed by atoms with Crippen LogP contribution in [0.15, 0.2) is 22.7 Å². The third-order valence-electron chi connectivity index (χ3n) is 2.47. The minimum Gasteiger partial charge on any atom is -0.353 e. The molecule has 2 rings (SSSR count). The Bertz CT molecular complexity index is 394. The quantitative estimate of drug-likeness (QED) is 0.457. The predicted octanol–water partition coefficient (Wildman–Crippen LogP) is 2.87. The lowest BCUT2D eigenvalue weighted by Gasteiger charge is -2.07. The highest BCUT2D eigenvalue weighted by Crippen LogP contribution is 2.45. The van der Waals surface area contributed by atoms with E-state index < -0.39 is 5.60 Å². The molecule has 2 nitrogen and oxygen atoms in total. The average Bonchev–Trinajstić information content (AvgIpc) is 2.83. The molecule has 1 fully saturated rings. The van der Waals surface area contributed by atoms with Crippen LogP contribution in [-0.4, -0.2) is 12.4 Å². The van der Waals surface area contributed by atoms with Gasteiger partial charge < -0.3 is 9.53 Å². The summed E-state index contributed by atoms with van der Waals surface area (Å²) in [6.45, 7) is 1.94. The normalized spacial score (nSPS) is 30.1. The van der Waals surface area contributed by atoms with Gasteiger partial charge >= 0.3 is 0 Å². The SMILES string of the molecule is C[C@@]1(c2ccc(Br)c(I)c2)O[C@H]1C=O. The van der Waals surface area contributed by atoms with Gasteiger partial charge in [-0.2, -0.15) is 0 Å². The number of carbonyl (C=O) groups is 1. The standard InChI is InChI=1S/C10H8BrIO2/c1-10(9(5-13)14-10)6-2-3-7(11)8(12)4-6/h2-5,9H,1H3/t9-,10-/m0/s1. The van der Waals surface area contributed by atoms with Crippen LogP contribution in [0.2, 0.25) is 0 Å². The van der Waals surface area contributed by atoms with Gasteiger partial charge in [-0.15, -0.1) is 0 Å². The summed E-state index contributed by atoms with van der Waals surface area (Å²) in [7, 11) is 0. The molecule has 4 heteroatoms. The van der Waals surface area contributed by atoms with Gasteiger partial charge in [0.25, 0.3) is 0 Å². The van der Waals surface area contributed by atoms with Gasteiger partial charge in [0.05, 0.1) is 0 Å². The molecule has 0 N–H and O–H groups in total. The lowest BCUT2D eigenvalue weighted by molar-refractivity contribution is -0.108. The summed E-state index contributed by atoms with van der Waals surface area (Å²) in [6, 6.07) is 6.00. The van der Waals surface area contributed by atoms with E-state index in [-0.39, 0.29) is 6.10 Å². The van der Waals surface area contributed by atoms with Crippen molar-refractivity contribution in [2.45, 2.75) is 18.6 Å². The molecule has 0 aromatic heterocycles. The molecule has 0 aliphatic carbocycles. The molecule has 74 valence electrons. The molecule has 0 bridgehead atoms. The Morgan fingerprint density at radius 1 is 1.64 bits per heavy atom. The first kappa shape index (κ1) is 10.6. The predicted molar refractivity (Wildman–Crippen MR) is 65.1 cm³/mol. The van der Waals surface area contributed by atoms with Gasteiger partial charge in [-0.1, -0.05) is 6.07 Å². The zero-order valence-corrected chi connectivity index (χ0v) is 11.2. The van der Waals surface area contributed by atoms with Crippen LogP contribution in [0.3, 0.4) is 0 Å². The summed E-state index contributed by atoms with van der Waals surface area (Å²) in [5.74, 6) is 0. The molecule has 1 aliphatic heterocycles. The molecule has 1 aromatic carbocycles. The number of hydrogen-bond donors (Lipinski definition) is 0. The summed E-state index contributed by atoms with van der Waals surface area (Å²) in [4.78, 5) is 10.6. The summed E-state index contributed by atoms with van der Waals surface area (Å²) in [5.41, 5.74) is 0.657. The van der Waals surface area contributed by atoms with Crippen molar-refractivity contribution < 1.29 is 9.53 Å². The number of rotatable bonds is 2. The number of hydrogen-bond acceptors (Lipinski definition) is 2. The molecule has 2 atom stereocenters. The number of carbonyl (C=O) groups excluding carboxylic acids is 1. The van der Waals surface area contributed by atoms with Crippen molar-refractivity contribution in [2.24, 2.45) is 0 Å². The molecule has 1 aliphatic rings. The van der Waals surface area contributed by atoms with Gasteiger partial charge in [0.2, 0.25) is 0 Å². The molecular formula is C10H8BrIO2. The lowest BCUT2D eigenvalue weighted by atomic mass is 9.98. The monoisotopic (exact) mass is 366 g/mol. The van der Waals surface area contributed by atoms with Crippen molar-refractivity contribution in [3.05, 3.63) is 31.8 Å². The van der Waals surface area contributed by atoms with E-state index in [1.165, 1.54) is 0 Å². The Labute approximate surface area is 104 Å². The molecule has 0 radical (unpaired) electrons. The van der Waals surface area contributed by atoms with Crippen molar-refractivity contribution in [3.63, 3.8) is 0 Å². The Balaban J connectivity index is 2.35. The van der Waals surface area contributed by atoms with Gasteiger partial charge in [0.15, 0.2) is 6.29 Å². The van der Waals surface area contributed by atoms with Gasteiger partial charge in [-0.25, -0.2) is 0 Å². The number of aldehydes is 1. The van der Waals surface area contributed by atoms with Gasteiger partial charge in [0.1, 0.15) is 11.7 Å². The maximum Gasteiger partial charge on any atom is 0.152 e. The van der Waals surface area contributed by atoms with Crippen LogP contribution in [-0.2, 0) is 15.1 Å². The number of ether oxygens (including phenoxy) is 1. The maximum atomic E-state index is 10.6. The first-order chi connectivity index (χ1) is 6.58. The molecule has 0 spiro atoms. The third-order valence-corrected chi connectivity index (χ3v) is 4.80. The summed E-state index contributed by atoms with van der Waals surface area (Å²) in [6.07, 6.45) is 0.578. The van der Waals surface area contributed by atoms with Crippen LogP contribution in [0.5, 0.6) is 0 Å². The van der Waals surface area contributed by atoms with E-state index in [0.29, 0.717) is 0 Å². The third kappa shape index (κ3) is 1.63. The van der Waals surface area contributed by atoms with Crippen molar-refractivity contribution in [1.29, 1.82) is 0 Å². The van der Waals surface area contributed by atoms with Crippen molar-refractivity contribution in [1.82, 2.24) is 0 Å². The topological polar surface area (TPSA) is 29.6 Å². The molecule has 1 aromatic rings. The number of epoxide rings is 1. The van der Waals surface area contributed by atoms with Crippen molar-refractivity contribution in [3.8, 4) is 0 Å². The second kappa shape index (κ2) is 3.57. The molecule has 0 saturated carbocycles. The number of benzene rings is 1. The van der Waals surface area contributed by atoms with Crippen LogP contribution in [0.4, 0.5) is 0 Å². The second-order valence-electron chi connectivity index (χ2n) is 3.41. The molecule has 1 heterocycles. The van der Waals surface area contributed by atoms with Crippen LogP contribution in [0.25, 0.3) is 0 Å². The summed E-state index contributed by atoms with van der Waals surface area (Å²) in [5, 5.41) is 0.